The van der Waals surface area contributed by atoms with Crippen molar-refractivity contribution in [1.82, 2.24) is 15.1 Å². The fraction of sp³-hybridized carbons (Fsp3) is 0.731. The molecule has 1 aromatic carbocycles. The molecule has 5 aliphatic rings. The van der Waals surface area contributed by atoms with Gasteiger partial charge >= 0.3 is 6.03 Å². The van der Waals surface area contributed by atoms with Crippen LogP contribution in [0.25, 0.3) is 0 Å². The van der Waals surface area contributed by atoms with Gasteiger partial charge in [-0.2, -0.15) is 0 Å². The van der Waals surface area contributed by atoms with Crippen molar-refractivity contribution in [3.63, 3.8) is 0 Å². The lowest BCUT2D eigenvalue weighted by atomic mass is 9.65. The van der Waals surface area contributed by atoms with Gasteiger partial charge in [-0.1, -0.05) is 24.3 Å². The molecule has 1 aliphatic heterocycles. The predicted octanol–water partition coefficient (Wildman–Crippen LogP) is 4.71. The summed E-state index contributed by atoms with van der Waals surface area (Å²) in [5.74, 6) is 2.13. The second kappa shape index (κ2) is 6.72. The lowest BCUT2D eigenvalue weighted by molar-refractivity contribution is -0.0258. The minimum absolute atomic E-state index is 0.0919. The van der Waals surface area contributed by atoms with Gasteiger partial charge in [-0.25, -0.2) is 4.79 Å². The lowest BCUT2D eigenvalue weighted by Crippen LogP contribution is -2.56. The predicted molar refractivity (Wildman–Crippen MR) is 119 cm³/mol. The molecular weight excluding hydrogens is 370 g/mol. The molecule has 30 heavy (non-hydrogen) atoms. The number of nitrogens with zero attached hydrogens (tertiary/aromatic N) is 2. The molecule has 1 N–H and O–H groups in total. The Morgan fingerprint density at radius 3 is 2.57 bits per heavy atom. The second-order valence-electron chi connectivity index (χ2n) is 10.9. The number of hydrogen-bond donors (Lipinski definition) is 1. The van der Waals surface area contributed by atoms with Crippen molar-refractivity contribution >= 4 is 6.03 Å². The van der Waals surface area contributed by atoms with Crippen LogP contribution in [0.2, 0.25) is 0 Å². The molecule has 0 aromatic heterocycles. The largest absolute Gasteiger partial charge is 0.331 e. The van der Waals surface area contributed by atoms with E-state index in [9.17, 15) is 4.79 Å². The molecule has 2 spiro atoms. The maximum atomic E-state index is 12.8. The molecule has 1 saturated heterocycles. The third kappa shape index (κ3) is 2.58. The zero-order valence-electron chi connectivity index (χ0n) is 18.7. The van der Waals surface area contributed by atoms with Gasteiger partial charge < -0.3 is 15.1 Å². The van der Waals surface area contributed by atoms with Crippen LogP contribution >= 0.6 is 0 Å². The van der Waals surface area contributed by atoms with Crippen molar-refractivity contribution in [2.75, 3.05) is 26.2 Å². The summed E-state index contributed by atoms with van der Waals surface area (Å²) in [6, 6.07) is 10.1. The number of urea groups is 1. The van der Waals surface area contributed by atoms with Crippen LogP contribution in [0.5, 0.6) is 0 Å². The van der Waals surface area contributed by atoms with Gasteiger partial charge in [-0.05, 0) is 100 Å². The molecule has 5 atom stereocenters. The number of nitrogens with one attached hydrogen (secondary N) is 1. The third-order valence-electron chi connectivity index (χ3n) is 9.97. The first-order valence-corrected chi connectivity index (χ1v) is 12.5. The Hall–Kier alpha value is -1.55. The first-order valence-electron chi connectivity index (χ1n) is 12.5. The minimum Gasteiger partial charge on any atom is -0.331 e. The molecule has 162 valence electrons. The van der Waals surface area contributed by atoms with Crippen LogP contribution in [0.15, 0.2) is 24.3 Å². The summed E-state index contributed by atoms with van der Waals surface area (Å²) < 4.78 is 0. The molecule has 4 aliphatic carbocycles. The minimum atomic E-state index is 0.0919. The Kier molecular flexibility index (Phi) is 4.29. The number of likely N-dealkylation sites (tertiary alicyclic amines) is 1. The number of benzene rings is 1. The van der Waals surface area contributed by atoms with Gasteiger partial charge in [0, 0.05) is 24.5 Å². The molecule has 3 saturated carbocycles. The zero-order valence-corrected chi connectivity index (χ0v) is 18.7. The van der Waals surface area contributed by atoms with E-state index in [0.717, 1.165) is 42.8 Å². The fourth-order valence-corrected chi connectivity index (χ4v) is 8.17. The quantitative estimate of drug-likeness (QED) is 0.785. The third-order valence-corrected chi connectivity index (χ3v) is 9.97. The Balaban J connectivity index is 1.16. The van der Waals surface area contributed by atoms with Gasteiger partial charge in [-0.15, -0.1) is 0 Å². The smallest absolute Gasteiger partial charge is 0.317 e. The Labute approximate surface area is 181 Å². The van der Waals surface area contributed by atoms with Crippen molar-refractivity contribution in [2.24, 2.45) is 17.3 Å². The molecular formula is C26H37N3O. The normalized spacial score (nSPS) is 37.8. The summed E-state index contributed by atoms with van der Waals surface area (Å²) in [6.45, 7) is 8.13. The van der Waals surface area contributed by atoms with Gasteiger partial charge in [0.1, 0.15) is 0 Å². The molecule has 2 unspecified atom stereocenters. The van der Waals surface area contributed by atoms with Gasteiger partial charge in [0.2, 0.25) is 0 Å². The Morgan fingerprint density at radius 2 is 1.87 bits per heavy atom. The number of hydrogen-bond acceptors (Lipinski definition) is 2. The number of rotatable bonds is 4. The molecule has 0 bridgehead atoms. The number of fused-ring (bicyclic) bond motifs is 2. The van der Waals surface area contributed by atoms with Crippen molar-refractivity contribution in [3.8, 4) is 0 Å². The van der Waals surface area contributed by atoms with Crippen molar-refractivity contribution in [2.45, 2.75) is 76.3 Å². The second-order valence-corrected chi connectivity index (χ2v) is 10.9. The first-order chi connectivity index (χ1) is 14.6. The average molecular weight is 408 g/mol. The average Bonchev–Trinajstić information content (AvgIpc) is 3.34. The number of piperidine rings is 1. The molecule has 1 aromatic rings. The highest BCUT2D eigenvalue weighted by molar-refractivity contribution is 5.75. The summed E-state index contributed by atoms with van der Waals surface area (Å²) in [6.07, 6.45) is 9.64. The van der Waals surface area contributed by atoms with E-state index >= 15 is 0 Å². The number of amides is 2. The van der Waals surface area contributed by atoms with E-state index in [1.807, 2.05) is 4.90 Å². The van der Waals surface area contributed by atoms with Crippen molar-refractivity contribution in [1.29, 1.82) is 0 Å². The van der Waals surface area contributed by atoms with Gasteiger partial charge in [0.15, 0.2) is 0 Å². The molecule has 4 fully saturated rings. The summed E-state index contributed by atoms with van der Waals surface area (Å²) in [4.78, 5) is 17.5. The maximum Gasteiger partial charge on any atom is 0.317 e. The topological polar surface area (TPSA) is 35.6 Å². The van der Waals surface area contributed by atoms with Crippen LogP contribution in [-0.2, 0) is 5.41 Å². The highest BCUT2D eigenvalue weighted by atomic mass is 16.2. The standard InChI is InChI=1S/C26H37N3O/c1-3-28(4-2)24(30)27-22-16-25(20-8-6-5-7-19(20)22)11-13-29(14-12-25)23-17-26-15-18(26)9-10-21(23)26/h5-8,18,21-23H,3-4,9-17H2,1-2H3,(H,27,30)/t18-,21+,22+,23?,26?/m1/s1. The lowest BCUT2D eigenvalue weighted by Gasteiger charge is -2.53. The van der Waals surface area contributed by atoms with Crippen LogP contribution in [0.4, 0.5) is 4.79 Å². The molecule has 2 amide bonds. The van der Waals surface area contributed by atoms with Gasteiger partial charge in [-0.3, -0.25) is 0 Å². The highest BCUT2D eigenvalue weighted by Gasteiger charge is 2.71. The van der Waals surface area contributed by atoms with Crippen molar-refractivity contribution in [3.05, 3.63) is 35.4 Å². The molecule has 4 nitrogen and oxygen atoms in total. The van der Waals surface area contributed by atoms with Crippen LogP contribution in [0.3, 0.4) is 0 Å². The molecule has 1 heterocycles. The van der Waals surface area contributed by atoms with Crippen LogP contribution in [0.1, 0.15) is 76.0 Å². The monoisotopic (exact) mass is 407 g/mol. The molecule has 6 rings (SSSR count). The van der Waals surface area contributed by atoms with Crippen molar-refractivity contribution < 1.29 is 4.79 Å². The molecule has 4 heteroatoms. The molecule has 0 radical (unpaired) electrons. The van der Waals surface area contributed by atoms with E-state index in [1.165, 1.54) is 56.3 Å². The van der Waals surface area contributed by atoms with E-state index in [0.29, 0.717) is 0 Å². The number of carbonyl (C=O) groups excluding carboxylic acids is 1. The highest BCUT2D eigenvalue weighted by Crippen LogP contribution is 2.76. The summed E-state index contributed by atoms with van der Waals surface area (Å²) >= 11 is 0. The zero-order chi connectivity index (χ0) is 20.5. The Bertz CT molecular complexity index is 838. The summed E-state index contributed by atoms with van der Waals surface area (Å²) in [5, 5.41) is 3.38. The SMILES string of the molecule is CCN(CC)C(=O)N[C@H]1CC2(CCN(C3CC45C[C@H]4CC[C@@H]35)CC2)c2ccccc21. The van der Waals surface area contributed by atoms with Crippen LogP contribution in [0, 0.1) is 17.3 Å². The fourth-order valence-electron chi connectivity index (χ4n) is 8.17. The van der Waals surface area contributed by atoms with E-state index in [1.54, 1.807) is 6.42 Å². The van der Waals surface area contributed by atoms with Crippen LogP contribution in [-0.4, -0.2) is 48.1 Å². The van der Waals surface area contributed by atoms with Gasteiger partial charge in [0.05, 0.1) is 6.04 Å². The first kappa shape index (κ1) is 19.2. The van der Waals surface area contributed by atoms with E-state index in [2.05, 4.69) is 48.3 Å². The summed E-state index contributed by atoms with van der Waals surface area (Å²) in [7, 11) is 0. The van der Waals surface area contributed by atoms with E-state index < -0.39 is 0 Å². The maximum absolute atomic E-state index is 12.8. The van der Waals surface area contributed by atoms with Gasteiger partial charge in [0.25, 0.3) is 0 Å². The summed E-state index contributed by atoms with van der Waals surface area (Å²) in [5.41, 5.74) is 3.96. The van der Waals surface area contributed by atoms with E-state index in [-0.39, 0.29) is 17.5 Å². The number of carbonyl (C=O) groups is 1. The van der Waals surface area contributed by atoms with Crippen LogP contribution < -0.4 is 5.32 Å². The van der Waals surface area contributed by atoms with E-state index in [4.69, 9.17) is 0 Å². The Morgan fingerprint density at radius 1 is 1.10 bits per heavy atom.